The lowest BCUT2D eigenvalue weighted by molar-refractivity contribution is 0.344. The number of hydrogen-bond acceptors (Lipinski definition) is 4. The Hall–Kier alpha value is 0.0569. The average molecular weight is 261 g/mol. The highest BCUT2D eigenvalue weighted by atomic mass is 28.4. The van der Waals surface area contributed by atoms with Crippen LogP contribution in [0.2, 0.25) is 0 Å². The van der Waals surface area contributed by atoms with Gasteiger partial charge in [0, 0.05) is 11.1 Å². The standard InChI is InChI=1S/C12H32N4Si/c1-11(2,3)13-17(15(7)8,16(9)10)14-12(4,5)6/h13-14H,1-10H3. The van der Waals surface area contributed by atoms with Crippen molar-refractivity contribution in [3.8, 4) is 0 Å². The molecule has 0 aromatic heterocycles. The van der Waals surface area contributed by atoms with Crippen molar-refractivity contribution in [2.45, 2.75) is 52.6 Å². The van der Waals surface area contributed by atoms with Crippen LogP contribution in [0.5, 0.6) is 0 Å². The van der Waals surface area contributed by atoms with Gasteiger partial charge in [-0.1, -0.05) is 0 Å². The molecule has 0 aliphatic carbocycles. The van der Waals surface area contributed by atoms with Crippen LogP contribution in [0.15, 0.2) is 0 Å². The lowest BCUT2D eigenvalue weighted by atomic mass is 10.1. The molecule has 0 atom stereocenters. The zero-order chi connectivity index (χ0) is 14.1. The van der Waals surface area contributed by atoms with Crippen LogP contribution in [0.3, 0.4) is 0 Å². The van der Waals surface area contributed by atoms with Crippen LogP contribution in [0.25, 0.3) is 0 Å². The first-order valence-electron chi connectivity index (χ1n) is 6.24. The maximum atomic E-state index is 3.80. The van der Waals surface area contributed by atoms with Gasteiger partial charge in [-0.2, -0.15) is 0 Å². The molecule has 5 heteroatoms. The number of nitrogens with one attached hydrogen (secondary N) is 2. The van der Waals surface area contributed by atoms with Crippen molar-refractivity contribution in [1.82, 2.24) is 19.1 Å². The fourth-order valence-electron chi connectivity index (χ4n) is 1.92. The quantitative estimate of drug-likeness (QED) is 0.747. The van der Waals surface area contributed by atoms with Crippen LogP contribution in [-0.2, 0) is 0 Å². The summed E-state index contributed by atoms with van der Waals surface area (Å²) in [5.41, 5.74) is 0.165. The molecule has 0 unspecified atom stereocenters. The zero-order valence-corrected chi connectivity index (χ0v) is 14.4. The predicted octanol–water partition coefficient (Wildman–Crippen LogP) is 1.32. The molecule has 0 aliphatic rings. The third kappa shape index (κ3) is 5.48. The summed E-state index contributed by atoms with van der Waals surface area (Å²) in [6, 6.07) is 0. The van der Waals surface area contributed by atoms with Crippen LogP contribution in [0.4, 0.5) is 0 Å². The van der Waals surface area contributed by atoms with Gasteiger partial charge >= 0.3 is 8.72 Å². The van der Waals surface area contributed by atoms with Crippen LogP contribution >= 0.6 is 0 Å². The molecule has 104 valence electrons. The van der Waals surface area contributed by atoms with Crippen LogP contribution in [0.1, 0.15) is 41.5 Å². The van der Waals surface area contributed by atoms with Gasteiger partial charge in [0.2, 0.25) is 0 Å². The maximum absolute atomic E-state index is 3.80. The van der Waals surface area contributed by atoms with Crippen LogP contribution in [0, 0.1) is 0 Å². The molecule has 2 N–H and O–H groups in total. The summed E-state index contributed by atoms with van der Waals surface area (Å²) < 4.78 is 4.62. The largest absolute Gasteiger partial charge is 0.371 e. The molecule has 0 rings (SSSR count). The van der Waals surface area contributed by atoms with E-state index in [1.54, 1.807) is 0 Å². The summed E-state index contributed by atoms with van der Waals surface area (Å²) >= 11 is 0. The molecule has 4 nitrogen and oxygen atoms in total. The molecule has 0 spiro atoms. The Kier molecular flexibility index (Phi) is 5.38. The van der Waals surface area contributed by atoms with Gasteiger partial charge in [0.1, 0.15) is 0 Å². The Bertz CT molecular complexity index is 212. The van der Waals surface area contributed by atoms with Gasteiger partial charge in [0.15, 0.2) is 0 Å². The van der Waals surface area contributed by atoms with Crippen molar-refractivity contribution in [2.24, 2.45) is 0 Å². The highest BCUT2D eigenvalue weighted by molar-refractivity contribution is 6.69. The van der Waals surface area contributed by atoms with E-state index in [0.717, 1.165) is 0 Å². The Morgan fingerprint density at radius 1 is 0.647 bits per heavy atom. The maximum Gasteiger partial charge on any atom is 0.371 e. The van der Waals surface area contributed by atoms with Crippen molar-refractivity contribution in [2.75, 3.05) is 28.2 Å². The SMILES string of the molecule is CN(C)[Si](NC(C)(C)C)(NC(C)(C)C)N(C)C. The van der Waals surface area contributed by atoms with E-state index in [1.165, 1.54) is 0 Å². The van der Waals surface area contributed by atoms with E-state index in [0.29, 0.717) is 0 Å². The smallest absolute Gasteiger partial charge is 0.296 e. The second kappa shape index (κ2) is 5.36. The molecule has 0 saturated carbocycles. The third-order valence-electron chi connectivity index (χ3n) is 2.39. The van der Waals surface area contributed by atoms with E-state index in [2.05, 4.69) is 88.8 Å². The predicted molar refractivity (Wildman–Crippen MR) is 78.9 cm³/mol. The van der Waals surface area contributed by atoms with Gasteiger partial charge in [-0.05, 0) is 69.7 Å². The molecule has 0 heterocycles. The molecule has 17 heavy (non-hydrogen) atoms. The van der Waals surface area contributed by atoms with E-state index >= 15 is 0 Å². The van der Waals surface area contributed by atoms with Gasteiger partial charge in [-0.25, -0.2) is 0 Å². The fraction of sp³-hybridized carbons (Fsp3) is 1.00. The lowest BCUT2D eigenvalue weighted by Crippen LogP contribution is -2.84. The summed E-state index contributed by atoms with van der Waals surface area (Å²) in [4.78, 5) is 7.61. The second-order valence-corrected chi connectivity index (χ2v) is 10.8. The fourth-order valence-corrected chi connectivity index (χ4v) is 5.77. The highest BCUT2D eigenvalue weighted by Gasteiger charge is 2.45. The number of rotatable bonds is 4. The van der Waals surface area contributed by atoms with E-state index in [9.17, 15) is 0 Å². The minimum atomic E-state index is -2.05. The van der Waals surface area contributed by atoms with Gasteiger partial charge < -0.3 is 0 Å². The molecule has 0 aliphatic heterocycles. The van der Waals surface area contributed by atoms with Gasteiger partial charge in [0.25, 0.3) is 0 Å². The van der Waals surface area contributed by atoms with E-state index in [1.807, 2.05) is 0 Å². The first-order chi connectivity index (χ1) is 7.30. The highest BCUT2D eigenvalue weighted by Crippen LogP contribution is 2.14. The number of nitrogens with zero attached hydrogens (tertiary/aromatic N) is 2. The molecule has 0 aromatic carbocycles. The summed E-state index contributed by atoms with van der Waals surface area (Å²) in [6.07, 6.45) is 0. The molecule has 0 aromatic rings. The van der Waals surface area contributed by atoms with E-state index in [-0.39, 0.29) is 11.1 Å². The lowest BCUT2D eigenvalue weighted by Gasteiger charge is -2.49. The number of hydrogen-bond donors (Lipinski definition) is 2. The molecular weight excluding hydrogens is 228 g/mol. The minimum Gasteiger partial charge on any atom is -0.296 e. The Morgan fingerprint density at radius 2 is 0.882 bits per heavy atom. The van der Waals surface area contributed by atoms with Crippen molar-refractivity contribution >= 4 is 8.72 Å². The van der Waals surface area contributed by atoms with Gasteiger partial charge in [-0.15, -0.1) is 0 Å². The minimum absolute atomic E-state index is 0.0824. The van der Waals surface area contributed by atoms with Crippen LogP contribution < -0.4 is 9.96 Å². The first-order valence-corrected chi connectivity index (χ1v) is 8.13. The monoisotopic (exact) mass is 260 g/mol. The summed E-state index contributed by atoms with van der Waals surface area (Å²) in [5, 5.41) is 0. The summed E-state index contributed by atoms with van der Waals surface area (Å²) in [7, 11) is 6.52. The second-order valence-electron chi connectivity index (χ2n) is 7.21. The Morgan fingerprint density at radius 3 is 1.00 bits per heavy atom. The third-order valence-corrected chi connectivity index (χ3v) is 7.18. The Balaban J connectivity index is 5.30. The van der Waals surface area contributed by atoms with Gasteiger partial charge in [0.05, 0.1) is 0 Å². The van der Waals surface area contributed by atoms with Gasteiger partial charge in [-0.3, -0.25) is 19.1 Å². The zero-order valence-electron chi connectivity index (χ0n) is 13.4. The van der Waals surface area contributed by atoms with Crippen molar-refractivity contribution in [3.63, 3.8) is 0 Å². The first kappa shape index (κ1) is 17.1. The normalized spacial score (nSPS) is 14.8. The van der Waals surface area contributed by atoms with Crippen molar-refractivity contribution < 1.29 is 0 Å². The molecule has 0 saturated heterocycles. The van der Waals surface area contributed by atoms with Crippen LogP contribution in [-0.4, -0.2) is 57.1 Å². The topological polar surface area (TPSA) is 30.5 Å². The molecular formula is C12H32N4Si. The average Bonchev–Trinajstić information content (AvgIpc) is 1.96. The Labute approximate surface area is 109 Å². The van der Waals surface area contributed by atoms with E-state index < -0.39 is 8.72 Å². The molecule has 0 amide bonds. The summed E-state index contributed by atoms with van der Waals surface area (Å²) in [6.45, 7) is 13.3. The molecule has 0 bridgehead atoms. The van der Waals surface area contributed by atoms with Crippen molar-refractivity contribution in [1.29, 1.82) is 0 Å². The summed E-state index contributed by atoms with van der Waals surface area (Å²) in [5.74, 6) is 0. The molecule has 0 radical (unpaired) electrons. The van der Waals surface area contributed by atoms with E-state index in [4.69, 9.17) is 0 Å². The van der Waals surface area contributed by atoms with Crippen molar-refractivity contribution in [3.05, 3.63) is 0 Å². The molecule has 0 fully saturated rings.